The summed E-state index contributed by atoms with van der Waals surface area (Å²) in [5.41, 5.74) is 0.0338. The van der Waals surface area contributed by atoms with E-state index in [-0.39, 0.29) is 16.0 Å². The third-order valence-electron chi connectivity index (χ3n) is 1.84. The van der Waals surface area contributed by atoms with Crippen LogP contribution >= 0.6 is 27.5 Å². The lowest BCUT2D eigenvalue weighted by Gasteiger charge is -2.09. The van der Waals surface area contributed by atoms with Crippen LogP contribution in [0.3, 0.4) is 0 Å². The van der Waals surface area contributed by atoms with Crippen molar-refractivity contribution < 1.29 is 18.7 Å². The van der Waals surface area contributed by atoms with Gasteiger partial charge in [-0.25, -0.2) is 13.8 Å². The first-order valence-electron chi connectivity index (χ1n) is 4.19. The molecule has 0 bridgehead atoms. The highest BCUT2D eigenvalue weighted by molar-refractivity contribution is 9.10. The van der Waals surface area contributed by atoms with E-state index in [0.717, 1.165) is 0 Å². The van der Waals surface area contributed by atoms with E-state index in [1.807, 2.05) is 0 Å². The topological polar surface area (TPSA) is 50.2 Å². The van der Waals surface area contributed by atoms with Crippen LogP contribution in [-0.2, 0) is 17.1 Å². The van der Waals surface area contributed by atoms with E-state index in [0.29, 0.717) is 5.56 Å². The molecule has 1 aromatic heterocycles. The molecule has 0 fully saturated rings. The second-order valence-corrected chi connectivity index (χ2v) is 4.09. The molecular weight excluding hydrogens is 307 g/mol. The molecule has 1 rings (SSSR count). The molecule has 1 N–H and O–H groups in total. The van der Waals surface area contributed by atoms with Gasteiger partial charge in [0.05, 0.1) is 12.1 Å². The summed E-state index contributed by atoms with van der Waals surface area (Å²) in [7, 11) is 0. The van der Waals surface area contributed by atoms with Crippen LogP contribution in [0.25, 0.3) is 0 Å². The zero-order valence-corrected chi connectivity index (χ0v) is 10.2. The molecule has 7 heteroatoms. The number of aliphatic carboxylic acids is 1. The quantitative estimate of drug-likeness (QED) is 0.869. The van der Waals surface area contributed by atoms with Crippen LogP contribution in [0.15, 0.2) is 10.5 Å². The highest BCUT2D eigenvalue weighted by atomic mass is 79.9. The van der Waals surface area contributed by atoms with Crippen molar-refractivity contribution in [2.45, 2.75) is 18.7 Å². The number of aromatic nitrogens is 1. The van der Waals surface area contributed by atoms with Crippen LogP contribution in [-0.4, -0.2) is 16.1 Å². The monoisotopic (exact) mass is 313 g/mol. The fourth-order valence-electron chi connectivity index (χ4n) is 1.15. The summed E-state index contributed by atoms with van der Waals surface area (Å²) in [4.78, 5) is 14.1. The van der Waals surface area contributed by atoms with Crippen LogP contribution in [0.1, 0.15) is 23.4 Å². The maximum absolute atomic E-state index is 12.5. The Morgan fingerprint density at radius 3 is 2.69 bits per heavy atom. The van der Waals surface area contributed by atoms with Crippen LogP contribution in [0.2, 0.25) is 0 Å². The van der Waals surface area contributed by atoms with Gasteiger partial charge in [-0.2, -0.15) is 0 Å². The normalized spacial score (nSPS) is 10.8. The summed E-state index contributed by atoms with van der Waals surface area (Å²) in [6.45, 7) is 0. The highest BCUT2D eigenvalue weighted by Gasteiger charge is 2.18. The molecular formula is C9H7BrClF2NO2. The number of halogens is 4. The molecule has 16 heavy (non-hydrogen) atoms. The third-order valence-corrected chi connectivity index (χ3v) is 2.76. The molecule has 0 amide bonds. The smallest absolute Gasteiger partial charge is 0.309 e. The van der Waals surface area contributed by atoms with Crippen LogP contribution in [0, 0.1) is 0 Å². The standard InChI is InChI=1S/C9H7BrClF2NO2/c10-5-1-4(3-11)6(2-7(15)16)14-8(5)9(12)13/h1,9H,2-3H2,(H,15,16). The van der Waals surface area contributed by atoms with Crippen molar-refractivity contribution in [2.24, 2.45) is 0 Å². The average Bonchev–Trinajstić information content (AvgIpc) is 2.18. The highest BCUT2D eigenvalue weighted by Crippen LogP contribution is 2.28. The number of rotatable bonds is 4. The summed E-state index contributed by atoms with van der Waals surface area (Å²) >= 11 is 8.52. The lowest BCUT2D eigenvalue weighted by molar-refractivity contribution is -0.136. The molecule has 0 atom stereocenters. The summed E-state index contributed by atoms with van der Waals surface area (Å²) in [6, 6.07) is 1.37. The first-order valence-corrected chi connectivity index (χ1v) is 5.52. The number of carbonyl (C=O) groups is 1. The number of carboxylic acids is 1. The van der Waals surface area contributed by atoms with Gasteiger partial charge in [0.2, 0.25) is 0 Å². The summed E-state index contributed by atoms with van der Waals surface area (Å²) in [5.74, 6) is -1.11. The van der Waals surface area contributed by atoms with Gasteiger partial charge in [-0.05, 0) is 27.6 Å². The molecule has 0 unspecified atom stereocenters. The Labute approximate surface area is 104 Å². The van der Waals surface area contributed by atoms with E-state index < -0.39 is 24.5 Å². The molecule has 0 aliphatic carbocycles. The van der Waals surface area contributed by atoms with E-state index >= 15 is 0 Å². The Balaban J connectivity index is 3.22. The molecule has 0 aliphatic heterocycles. The minimum absolute atomic E-state index is 0.0255. The van der Waals surface area contributed by atoms with E-state index in [4.69, 9.17) is 16.7 Å². The number of hydrogen-bond donors (Lipinski definition) is 1. The molecule has 0 saturated heterocycles. The van der Waals surface area contributed by atoms with Crippen LogP contribution in [0.4, 0.5) is 8.78 Å². The molecule has 1 aromatic rings. The maximum atomic E-state index is 12.5. The third kappa shape index (κ3) is 3.12. The Hall–Kier alpha value is -0.750. The van der Waals surface area contributed by atoms with Crippen molar-refractivity contribution in [3.63, 3.8) is 0 Å². The fourth-order valence-corrected chi connectivity index (χ4v) is 1.92. The SMILES string of the molecule is O=C(O)Cc1nc(C(F)F)c(Br)cc1CCl. The number of alkyl halides is 3. The van der Waals surface area contributed by atoms with Crippen LogP contribution in [0.5, 0.6) is 0 Å². The van der Waals surface area contributed by atoms with Crippen LogP contribution < -0.4 is 0 Å². The lowest BCUT2D eigenvalue weighted by atomic mass is 10.1. The minimum Gasteiger partial charge on any atom is -0.481 e. The molecule has 0 spiro atoms. The fraction of sp³-hybridized carbons (Fsp3) is 0.333. The predicted molar refractivity (Wildman–Crippen MR) is 57.8 cm³/mol. The van der Waals surface area contributed by atoms with Crippen molar-refractivity contribution in [1.29, 1.82) is 0 Å². The second kappa shape index (κ2) is 5.54. The van der Waals surface area contributed by atoms with E-state index in [1.165, 1.54) is 6.07 Å². The Morgan fingerprint density at radius 2 is 2.25 bits per heavy atom. The minimum atomic E-state index is -2.76. The molecule has 0 aliphatic rings. The molecule has 88 valence electrons. The van der Waals surface area contributed by atoms with Gasteiger partial charge < -0.3 is 5.11 Å². The zero-order chi connectivity index (χ0) is 12.3. The van der Waals surface area contributed by atoms with Gasteiger partial charge in [-0.3, -0.25) is 4.79 Å². The second-order valence-electron chi connectivity index (χ2n) is 2.97. The van der Waals surface area contributed by atoms with Crippen molar-refractivity contribution >= 4 is 33.5 Å². The Kier molecular flexibility index (Phi) is 4.61. The van der Waals surface area contributed by atoms with Gasteiger partial charge >= 0.3 is 5.97 Å². The van der Waals surface area contributed by atoms with Crippen molar-refractivity contribution in [2.75, 3.05) is 0 Å². The largest absolute Gasteiger partial charge is 0.481 e. The van der Waals surface area contributed by atoms with E-state index in [9.17, 15) is 13.6 Å². The number of nitrogens with zero attached hydrogens (tertiary/aromatic N) is 1. The molecule has 1 heterocycles. The Bertz CT molecular complexity index is 415. The van der Waals surface area contributed by atoms with Crippen molar-refractivity contribution in [3.8, 4) is 0 Å². The van der Waals surface area contributed by atoms with E-state index in [1.54, 1.807) is 0 Å². The van der Waals surface area contributed by atoms with Gasteiger partial charge in [0.15, 0.2) is 0 Å². The maximum Gasteiger partial charge on any atom is 0.309 e. The van der Waals surface area contributed by atoms with E-state index in [2.05, 4.69) is 20.9 Å². The summed E-state index contributed by atoms with van der Waals surface area (Å²) in [5, 5.41) is 8.60. The Morgan fingerprint density at radius 1 is 1.62 bits per heavy atom. The first kappa shape index (κ1) is 13.3. The lowest BCUT2D eigenvalue weighted by Crippen LogP contribution is -2.08. The zero-order valence-electron chi connectivity index (χ0n) is 7.88. The van der Waals surface area contributed by atoms with Gasteiger partial charge in [0.25, 0.3) is 6.43 Å². The number of pyridine rings is 1. The number of carboxylic acid groups (broad SMARTS) is 1. The summed E-state index contributed by atoms with van der Waals surface area (Å²) < 4.78 is 25.1. The summed E-state index contributed by atoms with van der Waals surface area (Å²) in [6.07, 6.45) is -3.18. The first-order chi connectivity index (χ1) is 7.45. The van der Waals surface area contributed by atoms with Gasteiger partial charge in [-0.15, -0.1) is 11.6 Å². The average molecular weight is 315 g/mol. The van der Waals surface area contributed by atoms with Crippen molar-refractivity contribution in [1.82, 2.24) is 4.98 Å². The molecule has 0 radical (unpaired) electrons. The molecule has 3 nitrogen and oxygen atoms in total. The van der Waals surface area contributed by atoms with Crippen molar-refractivity contribution in [3.05, 3.63) is 27.5 Å². The van der Waals surface area contributed by atoms with Gasteiger partial charge in [0.1, 0.15) is 5.69 Å². The van der Waals surface area contributed by atoms with Gasteiger partial charge in [-0.1, -0.05) is 0 Å². The predicted octanol–water partition coefficient (Wildman–Crippen LogP) is 3.15. The number of hydrogen-bond acceptors (Lipinski definition) is 2. The van der Waals surface area contributed by atoms with Gasteiger partial charge in [0, 0.05) is 10.4 Å². The molecule has 0 aromatic carbocycles. The molecule has 0 saturated carbocycles.